The molecular formula is C13H29N3O. The molecule has 0 radical (unpaired) electrons. The van der Waals surface area contributed by atoms with Gasteiger partial charge in [-0.3, -0.25) is 9.80 Å². The molecule has 0 unspecified atom stereocenters. The van der Waals surface area contributed by atoms with Crippen molar-refractivity contribution >= 4 is 0 Å². The lowest BCUT2D eigenvalue weighted by molar-refractivity contribution is 0.0810. The number of hydrogen-bond acceptors (Lipinski definition) is 4. The lowest BCUT2D eigenvalue weighted by Crippen LogP contribution is -2.49. The van der Waals surface area contributed by atoms with E-state index in [-0.39, 0.29) is 0 Å². The molecule has 102 valence electrons. The third kappa shape index (κ3) is 6.99. The molecule has 1 aliphatic rings. The lowest BCUT2D eigenvalue weighted by Gasteiger charge is -2.34. The van der Waals surface area contributed by atoms with Crippen LogP contribution >= 0.6 is 0 Å². The zero-order valence-corrected chi connectivity index (χ0v) is 11.7. The van der Waals surface area contributed by atoms with Gasteiger partial charge in [0.25, 0.3) is 0 Å². The van der Waals surface area contributed by atoms with E-state index in [2.05, 4.69) is 35.9 Å². The fourth-order valence-corrected chi connectivity index (χ4v) is 2.09. The van der Waals surface area contributed by atoms with Crippen LogP contribution in [-0.4, -0.2) is 74.9 Å². The SMILES string of the molecule is CCOCCN1CCN(CCNC(C)C)CC1. The number of piperazine rings is 1. The molecule has 0 bridgehead atoms. The molecule has 1 aliphatic heterocycles. The molecule has 0 aromatic carbocycles. The summed E-state index contributed by atoms with van der Waals surface area (Å²) in [6, 6.07) is 0.600. The van der Waals surface area contributed by atoms with Crippen LogP contribution in [0.15, 0.2) is 0 Å². The Bertz CT molecular complexity index is 180. The first-order valence-electron chi connectivity index (χ1n) is 6.98. The topological polar surface area (TPSA) is 27.7 Å². The van der Waals surface area contributed by atoms with Crippen molar-refractivity contribution in [1.29, 1.82) is 0 Å². The first-order valence-corrected chi connectivity index (χ1v) is 6.98. The monoisotopic (exact) mass is 243 g/mol. The summed E-state index contributed by atoms with van der Waals surface area (Å²) in [5.41, 5.74) is 0. The molecule has 0 aromatic rings. The zero-order chi connectivity index (χ0) is 12.5. The molecule has 1 saturated heterocycles. The summed E-state index contributed by atoms with van der Waals surface area (Å²) < 4.78 is 5.39. The molecule has 0 aliphatic carbocycles. The minimum Gasteiger partial charge on any atom is -0.380 e. The fraction of sp³-hybridized carbons (Fsp3) is 1.00. The predicted molar refractivity (Wildman–Crippen MR) is 72.5 cm³/mol. The van der Waals surface area contributed by atoms with Gasteiger partial charge in [0, 0.05) is 58.5 Å². The van der Waals surface area contributed by atoms with Crippen LogP contribution < -0.4 is 5.32 Å². The van der Waals surface area contributed by atoms with Gasteiger partial charge in [-0.15, -0.1) is 0 Å². The molecule has 0 aromatic heterocycles. The van der Waals surface area contributed by atoms with E-state index in [1.165, 1.54) is 32.7 Å². The number of ether oxygens (including phenoxy) is 1. The van der Waals surface area contributed by atoms with Gasteiger partial charge in [0.1, 0.15) is 0 Å². The Morgan fingerprint density at radius 3 is 2.18 bits per heavy atom. The van der Waals surface area contributed by atoms with Crippen molar-refractivity contribution in [2.75, 3.05) is 59.0 Å². The van der Waals surface area contributed by atoms with Gasteiger partial charge < -0.3 is 10.1 Å². The number of nitrogens with one attached hydrogen (secondary N) is 1. The highest BCUT2D eigenvalue weighted by molar-refractivity contribution is 4.72. The van der Waals surface area contributed by atoms with Gasteiger partial charge in [-0.1, -0.05) is 13.8 Å². The quantitative estimate of drug-likeness (QED) is 0.633. The van der Waals surface area contributed by atoms with E-state index in [0.717, 1.165) is 26.3 Å². The van der Waals surface area contributed by atoms with E-state index >= 15 is 0 Å². The van der Waals surface area contributed by atoms with Crippen molar-refractivity contribution in [3.8, 4) is 0 Å². The minimum absolute atomic E-state index is 0.600. The molecule has 4 nitrogen and oxygen atoms in total. The third-order valence-electron chi connectivity index (χ3n) is 3.20. The molecule has 1 heterocycles. The van der Waals surface area contributed by atoms with E-state index in [4.69, 9.17) is 4.74 Å². The average molecular weight is 243 g/mol. The molecule has 1 rings (SSSR count). The Hall–Kier alpha value is -0.160. The highest BCUT2D eigenvalue weighted by atomic mass is 16.5. The Morgan fingerprint density at radius 1 is 1.06 bits per heavy atom. The van der Waals surface area contributed by atoms with Crippen LogP contribution in [0.3, 0.4) is 0 Å². The summed E-state index contributed by atoms with van der Waals surface area (Å²) in [5, 5.41) is 3.47. The molecule has 0 spiro atoms. The van der Waals surface area contributed by atoms with Gasteiger partial charge in [-0.2, -0.15) is 0 Å². The molecule has 1 fully saturated rings. The largest absolute Gasteiger partial charge is 0.380 e. The van der Waals surface area contributed by atoms with Crippen LogP contribution in [0.5, 0.6) is 0 Å². The maximum absolute atomic E-state index is 5.39. The van der Waals surface area contributed by atoms with Gasteiger partial charge >= 0.3 is 0 Å². The van der Waals surface area contributed by atoms with Crippen molar-refractivity contribution in [1.82, 2.24) is 15.1 Å². The Kier molecular flexibility index (Phi) is 7.77. The van der Waals surface area contributed by atoms with Crippen LogP contribution in [0.2, 0.25) is 0 Å². The molecule has 17 heavy (non-hydrogen) atoms. The first kappa shape index (κ1) is 14.9. The predicted octanol–water partition coefficient (Wildman–Crippen LogP) is 0.639. The second-order valence-corrected chi connectivity index (χ2v) is 4.99. The summed E-state index contributed by atoms with van der Waals surface area (Å²) in [7, 11) is 0. The molecule has 0 amide bonds. The normalized spacial score (nSPS) is 19.1. The van der Waals surface area contributed by atoms with Gasteiger partial charge in [0.15, 0.2) is 0 Å². The van der Waals surface area contributed by atoms with Gasteiger partial charge in [0.2, 0.25) is 0 Å². The van der Waals surface area contributed by atoms with Crippen LogP contribution in [0.4, 0.5) is 0 Å². The Morgan fingerprint density at radius 2 is 1.65 bits per heavy atom. The smallest absolute Gasteiger partial charge is 0.0593 e. The van der Waals surface area contributed by atoms with Crippen LogP contribution in [0.25, 0.3) is 0 Å². The van der Waals surface area contributed by atoms with Crippen LogP contribution in [0, 0.1) is 0 Å². The summed E-state index contributed by atoms with van der Waals surface area (Å²) in [4.78, 5) is 5.05. The van der Waals surface area contributed by atoms with E-state index in [9.17, 15) is 0 Å². The summed E-state index contributed by atoms with van der Waals surface area (Å²) in [5.74, 6) is 0. The standard InChI is InChI=1S/C13H29N3O/c1-4-17-12-11-16-9-7-15(8-10-16)6-5-14-13(2)3/h13-14H,4-12H2,1-3H3. The zero-order valence-electron chi connectivity index (χ0n) is 11.7. The van der Waals surface area contributed by atoms with Crippen molar-refractivity contribution in [2.45, 2.75) is 26.8 Å². The maximum Gasteiger partial charge on any atom is 0.0593 e. The summed E-state index contributed by atoms with van der Waals surface area (Å²) in [6.45, 7) is 16.3. The van der Waals surface area contributed by atoms with Crippen molar-refractivity contribution in [2.24, 2.45) is 0 Å². The second-order valence-electron chi connectivity index (χ2n) is 4.99. The molecule has 1 N–H and O–H groups in total. The highest BCUT2D eigenvalue weighted by Crippen LogP contribution is 2.00. The summed E-state index contributed by atoms with van der Waals surface area (Å²) in [6.07, 6.45) is 0. The number of rotatable bonds is 8. The van der Waals surface area contributed by atoms with Crippen LogP contribution in [0.1, 0.15) is 20.8 Å². The Balaban J connectivity index is 2.01. The number of nitrogens with zero attached hydrogens (tertiary/aromatic N) is 2. The van der Waals surface area contributed by atoms with E-state index < -0.39 is 0 Å². The van der Waals surface area contributed by atoms with E-state index in [1.807, 2.05) is 0 Å². The lowest BCUT2D eigenvalue weighted by atomic mass is 10.3. The van der Waals surface area contributed by atoms with Crippen molar-refractivity contribution in [3.63, 3.8) is 0 Å². The van der Waals surface area contributed by atoms with Crippen molar-refractivity contribution < 1.29 is 4.74 Å². The second kappa shape index (κ2) is 8.86. The fourth-order valence-electron chi connectivity index (χ4n) is 2.09. The van der Waals surface area contributed by atoms with Gasteiger partial charge in [-0.05, 0) is 6.92 Å². The van der Waals surface area contributed by atoms with Gasteiger partial charge in [0.05, 0.1) is 6.61 Å². The van der Waals surface area contributed by atoms with E-state index in [1.54, 1.807) is 0 Å². The highest BCUT2D eigenvalue weighted by Gasteiger charge is 2.15. The first-order chi connectivity index (χ1) is 8.22. The average Bonchev–Trinajstić information content (AvgIpc) is 2.31. The summed E-state index contributed by atoms with van der Waals surface area (Å²) >= 11 is 0. The van der Waals surface area contributed by atoms with E-state index in [0.29, 0.717) is 6.04 Å². The molecule has 0 atom stereocenters. The van der Waals surface area contributed by atoms with Gasteiger partial charge in [-0.25, -0.2) is 0 Å². The number of hydrogen-bond donors (Lipinski definition) is 1. The maximum atomic E-state index is 5.39. The molecular weight excluding hydrogens is 214 g/mol. The van der Waals surface area contributed by atoms with Crippen LogP contribution in [-0.2, 0) is 4.74 Å². The Labute approximate surface area is 106 Å². The molecule has 4 heteroatoms. The molecule has 0 saturated carbocycles. The minimum atomic E-state index is 0.600. The van der Waals surface area contributed by atoms with Crippen molar-refractivity contribution in [3.05, 3.63) is 0 Å². The third-order valence-corrected chi connectivity index (χ3v) is 3.20.